The van der Waals surface area contributed by atoms with Crippen molar-refractivity contribution < 1.29 is 4.79 Å². The van der Waals surface area contributed by atoms with Crippen molar-refractivity contribution in [3.8, 4) is 6.07 Å². The monoisotopic (exact) mass is 246 g/mol. The first kappa shape index (κ1) is 14.0. The van der Waals surface area contributed by atoms with E-state index in [9.17, 15) is 4.79 Å². The second-order valence-corrected chi connectivity index (χ2v) is 4.62. The van der Waals surface area contributed by atoms with Gasteiger partial charge in [0.15, 0.2) is 0 Å². The Balaban J connectivity index is 3.02. The van der Waals surface area contributed by atoms with Crippen LogP contribution >= 0.6 is 0 Å². The van der Waals surface area contributed by atoms with E-state index in [1.807, 2.05) is 38.3 Å². The quantitative estimate of drug-likeness (QED) is 0.651. The highest BCUT2D eigenvalue weighted by Gasteiger charge is 2.12. The molecule has 18 heavy (non-hydrogen) atoms. The molecule has 1 heterocycles. The molecule has 5 heteroatoms. The number of hydrogen-bond acceptors (Lipinski definition) is 3. The number of carbonyl (C=O) groups excluding carboxylic acids is 1. The maximum atomic E-state index is 11.8. The number of carbonyl (C=O) groups is 1. The molecular formula is C13H18N4O. The smallest absolute Gasteiger partial charge is 0.262 e. The topological polar surface area (TPSA) is 70.7 Å². The summed E-state index contributed by atoms with van der Waals surface area (Å²) in [5, 5.41) is 11.7. The summed E-state index contributed by atoms with van der Waals surface area (Å²) in [6, 6.07) is 2.15. The van der Waals surface area contributed by atoms with Gasteiger partial charge in [-0.15, -0.1) is 0 Å². The molecule has 0 aliphatic rings. The van der Waals surface area contributed by atoms with E-state index >= 15 is 0 Å². The number of aromatic nitrogens is 2. The Bertz CT molecular complexity index is 491. The maximum Gasteiger partial charge on any atom is 0.262 e. The van der Waals surface area contributed by atoms with Crippen molar-refractivity contribution in [2.45, 2.75) is 39.8 Å². The van der Waals surface area contributed by atoms with Gasteiger partial charge in [-0.2, -0.15) is 5.26 Å². The number of imidazole rings is 1. The van der Waals surface area contributed by atoms with Gasteiger partial charge in [-0.25, -0.2) is 4.98 Å². The van der Waals surface area contributed by atoms with Gasteiger partial charge in [0.25, 0.3) is 5.91 Å². The van der Waals surface area contributed by atoms with E-state index in [1.54, 1.807) is 18.6 Å². The Morgan fingerprint density at radius 3 is 2.67 bits per heavy atom. The van der Waals surface area contributed by atoms with Crippen LogP contribution in [0.1, 0.15) is 39.4 Å². The van der Waals surface area contributed by atoms with Gasteiger partial charge in [-0.1, -0.05) is 0 Å². The molecule has 1 aromatic heterocycles. The van der Waals surface area contributed by atoms with E-state index in [0.29, 0.717) is 0 Å². The van der Waals surface area contributed by atoms with Gasteiger partial charge in [-0.05, 0) is 33.8 Å². The molecule has 1 aromatic rings. The zero-order valence-electron chi connectivity index (χ0n) is 11.1. The average molecular weight is 246 g/mol. The molecule has 1 N–H and O–H groups in total. The molecule has 0 aromatic carbocycles. The molecule has 0 unspecified atom stereocenters. The molecule has 1 rings (SSSR count). The van der Waals surface area contributed by atoms with E-state index < -0.39 is 0 Å². The molecule has 0 saturated heterocycles. The SMILES string of the molecule is CC(C)NC(=O)/C(C#N)=C/c1cncn1C(C)C. The van der Waals surface area contributed by atoms with Crippen LogP contribution < -0.4 is 5.32 Å². The third-order valence-electron chi connectivity index (χ3n) is 2.33. The van der Waals surface area contributed by atoms with Crippen molar-refractivity contribution in [3.63, 3.8) is 0 Å². The van der Waals surface area contributed by atoms with E-state index in [1.165, 1.54) is 0 Å². The van der Waals surface area contributed by atoms with Gasteiger partial charge in [0.2, 0.25) is 0 Å². The maximum absolute atomic E-state index is 11.8. The minimum atomic E-state index is -0.357. The van der Waals surface area contributed by atoms with Crippen molar-refractivity contribution in [2.24, 2.45) is 0 Å². The summed E-state index contributed by atoms with van der Waals surface area (Å²) in [6.07, 6.45) is 4.89. The molecular weight excluding hydrogens is 228 g/mol. The molecule has 0 fully saturated rings. The van der Waals surface area contributed by atoms with Crippen molar-refractivity contribution in [1.29, 1.82) is 5.26 Å². The van der Waals surface area contributed by atoms with Crippen LogP contribution in [0.3, 0.4) is 0 Å². The summed E-state index contributed by atoms with van der Waals surface area (Å²) in [4.78, 5) is 15.8. The summed E-state index contributed by atoms with van der Waals surface area (Å²) in [7, 11) is 0. The van der Waals surface area contributed by atoms with Gasteiger partial charge in [0, 0.05) is 12.1 Å². The first-order valence-corrected chi connectivity index (χ1v) is 5.90. The summed E-state index contributed by atoms with van der Waals surface area (Å²) in [5.41, 5.74) is 0.839. The number of nitrogens with one attached hydrogen (secondary N) is 1. The molecule has 0 spiro atoms. The predicted molar refractivity (Wildman–Crippen MR) is 69.5 cm³/mol. The van der Waals surface area contributed by atoms with Crippen LogP contribution in [-0.2, 0) is 4.79 Å². The summed E-state index contributed by atoms with van der Waals surface area (Å²) in [5.74, 6) is -0.357. The van der Waals surface area contributed by atoms with Crippen LogP contribution in [0.15, 0.2) is 18.1 Å². The van der Waals surface area contributed by atoms with Gasteiger partial charge in [-0.3, -0.25) is 4.79 Å². The molecule has 0 bridgehead atoms. The fourth-order valence-corrected chi connectivity index (χ4v) is 1.49. The van der Waals surface area contributed by atoms with Crippen LogP contribution in [-0.4, -0.2) is 21.5 Å². The minimum Gasteiger partial charge on any atom is -0.349 e. The Hall–Kier alpha value is -2.09. The molecule has 5 nitrogen and oxygen atoms in total. The Morgan fingerprint density at radius 1 is 1.50 bits per heavy atom. The van der Waals surface area contributed by atoms with Gasteiger partial charge < -0.3 is 9.88 Å². The first-order valence-electron chi connectivity index (χ1n) is 5.90. The lowest BCUT2D eigenvalue weighted by Crippen LogP contribution is -2.31. The lowest BCUT2D eigenvalue weighted by Gasteiger charge is -2.10. The fourth-order valence-electron chi connectivity index (χ4n) is 1.49. The van der Waals surface area contributed by atoms with Crippen molar-refractivity contribution >= 4 is 12.0 Å². The largest absolute Gasteiger partial charge is 0.349 e. The zero-order valence-corrected chi connectivity index (χ0v) is 11.1. The number of hydrogen-bond donors (Lipinski definition) is 1. The predicted octanol–water partition coefficient (Wildman–Crippen LogP) is 1.90. The van der Waals surface area contributed by atoms with Gasteiger partial charge in [0.05, 0.1) is 18.2 Å². The second kappa shape index (κ2) is 6.01. The molecule has 0 saturated carbocycles. The minimum absolute atomic E-state index is 0.00394. The third kappa shape index (κ3) is 3.45. The standard InChI is InChI=1S/C13H18N4O/c1-9(2)16-13(18)11(6-14)5-12-7-15-8-17(12)10(3)4/h5,7-10H,1-4H3,(H,16,18)/b11-5+. The first-order chi connectivity index (χ1) is 8.45. The molecule has 1 amide bonds. The van der Waals surface area contributed by atoms with Gasteiger partial charge >= 0.3 is 0 Å². The molecule has 0 aliphatic heterocycles. The van der Waals surface area contributed by atoms with E-state index in [-0.39, 0.29) is 23.6 Å². The summed E-state index contributed by atoms with van der Waals surface area (Å²) in [6.45, 7) is 7.73. The molecule has 0 atom stereocenters. The number of nitrogens with zero attached hydrogens (tertiary/aromatic N) is 3. The molecule has 0 aliphatic carbocycles. The highest BCUT2D eigenvalue weighted by molar-refractivity contribution is 6.01. The Morgan fingerprint density at radius 2 is 2.17 bits per heavy atom. The second-order valence-electron chi connectivity index (χ2n) is 4.62. The van der Waals surface area contributed by atoms with Crippen molar-refractivity contribution in [3.05, 3.63) is 23.8 Å². The van der Waals surface area contributed by atoms with E-state index in [0.717, 1.165) is 5.69 Å². The van der Waals surface area contributed by atoms with Crippen molar-refractivity contribution in [2.75, 3.05) is 0 Å². The number of nitriles is 1. The van der Waals surface area contributed by atoms with E-state index in [4.69, 9.17) is 5.26 Å². The van der Waals surface area contributed by atoms with Crippen LogP contribution in [0.25, 0.3) is 6.08 Å². The average Bonchev–Trinajstić information content (AvgIpc) is 2.72. The summed E-state index contributed by atoms with van der Waals surface area (Å²) < 4.78 is 1.90. The van der Waals surface area contributed by atoms with Crippen LogP contribution in [0.2, 0.25) is 0 Å². The Kier molecular flexibility index (Phi) is 4.67. The lowest BCUT2D eigenvalue weighted by molar-refractivity contribution is -0.117. The highest BCUT2D eigenvalue weighted by atomic mass is 16.1. The third-order valence-corrected chi connectivity index (χ3v) is 2.33. The van der Waals surface area contributed by atoms with Crippen LogP contribution in [0.5, 0.6) is 0 Å². The van der Waals surface area contributed by atoms with Crippen molar-refractivity contribution in [1.82, 2.24) is 14.9 Å². The Labute approximate surface area is 107 Å². The van der Waals surface area contributed by atoms with Gasteiger partial charge in [0.1, 0.15) is 11.6 Å². The zero-order chi connectivity index (χ0) is 13.7. The van der Waals surface area contributed by atoms with Crippen LogP contribution in [0, 0.1) is 11.3 Å². The highest BCUT2D eigenvalue weighted by Crippen LogP contribution is 2.12. The number of rotatable bonds is 4. The fraction of sp³-hybridized carbons (Fsp3) is 0.462. The summed E-state index contributed by atoms with van der Waals surface area (Å²) >= 11 is 0. The van der Waals surface area contributed by atoms with Crippen LogP contribution in [0.4, 0.5) is 0 Å². The number of amides is 1. The molecule has 96 valence electrons. The molecule has 0 radical (unpaired) electrons. The normalized spacial score (nSPS) is 11.7. The van der Waals surface area contributed by atoms with E-state index in [2.05, 4.69) is 10.3 Å². The lowest BCUT2D eigenvalue weighted by atomic mass is 10.2.